The van der Waals surface area contributed by atoms with Gasteiger partial charge in [-0.2, -0.15) is 0 Å². The van der Waals surface area contributed by atoms with E-state index in [1.54, 1.807) is 0 Å². The molecule has 0 spiro atoms. The van der Waals surface area contributed by atoms with Crippen molar-refractivity contribution in [1.82, 2.24) is 15.1 Å². The lowest BCUT2D eigenvalue weighted by Gasteiger charge is -2.23. The van der Waals surface area contributed by atoms with Crippen LogP contribution >= 0.6 is 0 Å². The van der Waals surface area contributed by atoms with Gasteiger partial charge in [-0.1, -0.05) is 26.2 Å². The van der Waals surface area contributed by atoms with Crippen molar-refractivity contribution in [3.8, 4) is 0 Å². The van der Waals surface area contributed by atoms with Crippen molar-refractivity contribution in [3.05, 3.63) is 0 Å². The molecule has 0 aromatic heterocycles. The molecule has 1 aliphatic heterocycles. The van der Waals surface area contributed by atoms with Crippen molar-refractivity contribution >= 4 is 5.96 Å². The summed E-state index contributed by atoms with van der Waals surface area (Å²) in [6, 6.07) is 0. The van der Waals surface area contributed by atoms with Crippen LogP contribution in [0.5, 0.6) is 0 Å². The van der Waals surface area contributed by atoms with Crippen molar-refractivity contribution < 1.29 is 0 Å². The molecule has 0 radical (unpaired) electrons. The van der Waals surface area contributed by atoms with Crippen molar-refractivity contribution in [1.29, 1.82) is 0 Å². The predicted molar refractivity (Wildman–Crippen MR) is 88.4 cm³/mol. The number of rotatable bonds is 7. The molecule has 1 aliphatic rings. The van der Waals surface area contributed by atoms with Gasteiger partial charge in [0, 0.05) is 26.7 Å². The van der Waals surface area contributed by atoms with E-state index in [0.717, 1.165) is 32.1 Å². The van der Waals surface area contributed by atoms with Crippen LogP contribution in [-0.4, -0.2) is 62.1 Å². The van der Waals surface area contributed by atoms with Crippen LogP contribution in [0.25, 0.3) is 0 Å². The van der Waals surface area contributed by atoms with Gasteiger partial charge < -0.3 is 15.1 Å². The van der Waals surface area contributed by atoms with Gasteiger partial charge in [0.1, 0.15) is 0 Å². The van der Waals surface area contributed by atoms with Gasteiger partial charge in [-0.25, -0.2) is 0 Å². The molecule has 0 unspecified atom stereocenters. The number of likely N-dealkylation sites (tertiary alicyclic amines) is 1. The standard InChI is InChI=1S/C16H34N4/c1-4-6-12-19(3)16(17-5-2)18-11-15-20-13-9-7-8-10-14-20/h4-15H2,1-3H3,(H,17,18). The average molecular weight is 282 g/mol. The third-order valence-electron chi connectivity index (χ3n) is 3.92. The molecule has 4 heteroatoms. The molecule has 1 saturated heterocycles. The molecule has 4 nitrogen and oxygen atoms in total. The Balaban J connectivity index is 2.36. The highest BCUT2D eigenvalue weighted by molar-refractivity contribution is 5.79. The van der Waals surface area contributed by atoms with E-state index in [9.17, 15) is 0 Å². The molecule has 0 aromatic rings. The van der Waals surface area contributed by atoms with Gasteiger partial charge in [-0.3, -0.25) is 4.99 Å². The summed E-state index contributed by atoms with van der Waals surface area (Å²) in [5.74, 6) is 1.07. The highest BCUT2D eigenvalue weighted by Crippen LogP contribution is 2.08. The molecule has 1 fully saturated rings. The second-order valence-electron chi connectivity index (χ2n) is 5.77. The Kier molecular flexibility index (Phi) is 9.46. The summed E-state index contributed by atoms with van der Waals surface area (Å²) >= 11 is 0. The number of aliphatic imine (C=N–C) groups is 1. The Morgan fingerprint density at radius 1 is 1.15 bits per heavy atom. The van der Waals surface area contributed by atoms with E-state index in [2.05, 4.69) is 36.0 Å². The smallest absolute Gasteiger partial charge is 0.193 e. The summed E-state index contributed by atoms with van der Waals surface area (Å²) in [5, 5.41) is 3.40. The average Bonchev–Trinajstić information content (AvgIpc) is 2.72. The lowest BCUT2D eigenvalue weighted by molar-refractivity contribution is 0.293. The highest BCUT2D eigenvalue weighted by Gasteiger charge is 2.09. The van der Waals surface area contributed by atoms with Crippen molar-refractivity contribution in [2.45, 2.75) is 52.4 Å². The number of guanidine groups is 1. The van der Waals surface area contributed by atoms with Crippen LogP contribution in [0, 0.1) is 0 Å². The Morgan fingerprint density at radius 3 is 2.45 bits per heavy atom. The van der Waals surface area contributed by atoms with E-state index >= 15 is 0 Å². The molecule has 0 aromatic carbocycles. The minimum absolute atomic E-state index is 0.915. The van der Waals surface area contributed by atoms with Gasteiger partial charge in [0.15, 0.2) is 5.96 Å². The van der Waals surface area contributed by atoms with Gasteiger partial charge in [0.2, 0.25) is 0 Å². The fraction of sp³-hybridized carbons (Fsp3) is 0.938. The van der Waals surface area contributed by atoms with Crippen LogP contribution < -0.4 is 5.32 Å². The van der Waals surface area contributed by atoms with Crippen molar-refractivity contribution in [2.24, 2.45) is 4.99 Å². The first kappa shape index (κ1) is 17.3. The van der Waals surface area contributed by atoms with Crippen molar-refractivity contribution in [3.63, 3.8) is 0 Å². The van der Waals surface area contributed by atoms with E-state index < -0.39 is 0 Å². The maximum atomic E-state index is 4.78. The van der Waals surface area contributed by atoms with Gasteiger partial charge >= 0.3 is 0 Å². The molecule has 1 heterocycles. The molecule has 1 rings (SSSR count). The Bertz CT molecular complexity index is 257. The van der Waals surface area contributed by atoms with E-state index in [0.29, 0.717) is 0 Å². The first-order valence-corrected chi connectivity index (χ1v) is 8.49. The van der Waals surface area contributed by atoms with Crippen LogP contribution in [0.4, 0.5) is 0 Å². The zero-order valence-corrected chi connectivity index (χ0v) is 13.8. The maximum Gasteiger partial charge on any atom is 0.193 e. The number of nitrogens with zero attached hydrogens (tertiary/aromatic N) is 3. The zero-order valence-electron chi connectivity index (χ0n) is 13.8. The monoisotopic (exact) mass is 282 g/mol. The lowest BCUT2D eigenvalue weighted by atomic mass is 10.2. The topological polar surface area (TPSA) is 30.9 Å². The minimum atomic E-state index is 0.915. The zero-order chi connectivity index (χ0) is 14.6. The van der Waals surface area contributed by atoms with E-state index in [-0.39, 0.29) is 0 Å². The van der Waals surface area contributed by atoms with E-state index in [4.69, 9.17) is 4.99 Å². The summed E-state index contributed by atoms with van der Waals surface area (Å²) in [6.07, 6.45) is 8.00. The van der Waals surface area contributed by atoms with Crippen LogP contribution in [0.2, 0.25) is 0 Å². The van der Waals surface area contributed by atoms with E-state index in [1.807, 2.05) is 0 Å². The molecule has 0 saturated carbocycles. The van der Waals surface area contributed by atoms with Gasteiger partial charge in [0.25, 0.3) is 0 Å². The van der Waals surface area contributed by atoms with E-state index in [1.165, 1.54) is 51.6 Å². The molecule has 118 valence electrons. The van der Waals surface area contributed by atoms with Crippen LogP contribution in [0.15, 0.2) is 4.99 Å². The lowest BCUT2D eigenvalue weighted by Crippen LogP contribution is -2.40. The number of nitrogens with one attached hydrogen (secondary N) is 1. The molecule has 20 heavy (non-hydrogen) atoms. The number of hydrogen-bond acceptors (Lipinski definition) is 2. The first-order chi connectivity index (χ1) is 9.77. The largest absolute Gasteiger partial charge is 0.357 e. The quantitative estimate of drug-likeness (QED) is 0.575. The van der Waals surface area contributed by atoms with Gasteiger partial charge in [-0.05, 0) is 39.3 Å². The predicted octanol–water partition coefficient (Wildman–Crippen LogP) is 2.56. The Hall–Kier alpha value is -0.770. The SMILES string of the molecule is CCCCN(C)C(=NCCN1CCCCCC1)NCC. The van der Waals surface area contributed by atoms with Gasteiger partial charge in [0.05, 0.1) is 6.54 Å². The maximum absolute atomic E-state index is 4.78. The third kappa shape index (κ3) is 7.13. The molecule has 0 amide bonds. The molecular weight excluding hydrogens is 248 g/mol. The summed E-state index contributed by atoms with van der Waals surface area (Å²) in [6.45, 7) is 10.9. The number of unbranched alkanes of at least 4 members (excludes halogenated alkanes) is 1. The summed E-state index contributed by atoms with van der Waals surface area (Å²) < 4.78 is 0. The third-order valence-corrected chi connectivity index (χ3v) is 3.92. The second kappa shape index (κ2) is 11.0. The molecule has 0 aliphatic carbocycles. The normalized spacial score (nSPS) is 17.9. The Labute approximate surface area is 125 Å². The summed E-state index contributed by atoms with van der Waals surface area (Å²) in [5.41, 5.74) is 0. The van der Waals surface area contributed by atoms with Crippen LogP contribution in [0.1, 0.15) is 52.4 Å². The molecular formula is C16H34N4. The first-order valence-electron chi connectivity index (χ1n) is 8.49. The van der Waals surface area contributed by atoms with Crippen LogP contribution in [-0.2, 0) is 0 Å². The summed E-state index contributed by atoms with van der Waals surface area (Å²) in [4.78, 5) is 9.62. The highest BCUT2D eigenvalue weighted by atomic mass is 15.3. The van der Waals surface area contributed by atoms with Gasteiger partial charge in [-0.15, -0.1) is 0 Å². The molecule has 1 N–H and O–H groups in total. The second-order valence-corrected chi connectivity index (χ2v) is 5.77. The molecule has 0 bridgehead atoms. The Morgan fingerprint density at radius 2 is 1.85 bits per heavy atom. The fourth-order valence-electron chi connectivity index (χ4n) is 2.63. The van der Waals surface area contributed by atoms with Crippen LogP contribution in [0.3, 0.4) is 0 Å². The van der Waals surface area contributed by atoms with Crippen molar-refractivity contribution in [2.75, 3.05) is 46.3 Å². The fourth-order valence-corrected chi connectivity index (χ4v) is 2.63. The minimum Gasteiger partial charge on any atom is -0.357 e. The summed E-state index contributed by atoms with van der Waals surface area (Å²) in [7, 11) is 2.14. The number of hydrogen-bond donors (Lipinski definition) is 1. The molecule has 0 atom stereocenters.